The molecule has 0 unspecified atom stereocenters. The SMILES string of the molecule is CC(C)=O.CCOCC.Cl. The van der Waals surface area contributed by atoms with E-state index in [0.717, 1.165) is 13.2 Å². The highest BCUT2D eigenvalue weighted by atomic mass is 35.5. The van der Waals surface area contributed by atoms with Crippen molar-refractivity contribution in [1.82, 2.24) is 0 Å². The lowest BCUT2D eigenvalue weighted by Gasteiger charge is -1.86. The average molecular weight is 169 g/mol. The highest BCUT2D eigenvalue weighted by Crippen LogP contribution is 1.64. The van der Waals surface area contributed by atoms with Gasteiger partial charge in [0.2, 0.25) is 0 Å². The molecule has 0 aliphatic carbocycles. The quantitative estimate of drug-likeness (QED) is 0.631. The molecule has 0 aromatic rings. The molecule has 0 aromatic carbocycles. The van der Waals surface area contributed by atoms with Gasteiger partial charge >= 0.3 is 0 Å². The fourth-order valence-electron chi connectivity index (χ4n) is 0.204. The van der Waals surface area contributed by atoms with Crippen molar-refractivity contribution in [3.8, 4) is 0 Å². The summed E-state index contributed by atoms with van der Waals surface area (Å²) >= 11 is 0. The Labute approximate surface area is 69.4 Å². The van der Waals surface area contributed by atoms with E-state index >= 15 is 0 Å². The Morgan fingerprint density at radius 3 is 1.40 bits per heavy atom. The topological polar surface area (TPSA) is 26.3 Å². The number of rotatable bonds is 2. The second kappa shape index (κ2) is 16.0. The maximum atomic E-state index is 9.44. The molecule has 2 nitrogen and oxygen atoms in total. The van der Waals surface area contributed by atoms with Gasteiger partial charge in [-0.05, 0) is 27.7 Å². The number of carbonyl (C=O) groups excluding carboxylic acids is 1. The molecule has 0 spiro atoms. The van der Waals surface area contributed by atoms with Crippen LogP contribution in [0.1, 0.15) is 27.7 Å². The van der Waals surface area contributed by atoms with Crippen molar-refractivity contribution in [2.24, 2.45) is 0 Å². The van der Waals surface area contributed by atoms with Crippen molar-refractivity contribution in [1.29, 1.82) is 0 Å². The van der Waals surface area contributed by atoms with E-state index in [1.54, 1.807) is 0 Å². The van der Waals surface area contributed by atoms with Crippen LogP contribution in [-0.2, 0) is 9.53 Å². The van der Waals surface area contributed by atoms with Crippen molar-refractivity contribution in [2.75, 3.05) is 13.2 Å². The minimum Gasteiger partial charge on any atom is -0.382 e. The van der Waals surface area contributed by atoms with Crippen molar-refractivity contribution >= 4 is 18.2 Å². The van der Waals surface area contributed by atoms with Gasteiger partial charge < -0.3 is 9.53 Å². The van der Waals surface area contributed by atoms with Crippen LogP contribution in [0.2, 0.25) is 0 Å². The molecule has 0 aliphatic rings. The lowest BCUT2D eigenvalue weighted by molar-refractivity contribution is -0.114. The van der Waals surface area contributed by atoms with Crippen LogP contribution in [0.4, 0.5) is 0 Å². The number of Topliss-reactive ketones (excluding diaryl/α,β-unsaturated/α-hetero) is 1. The van der Waals surface area contributed by atoms with E-state index in [-0.39, 0.29) is 18.2 Å². The largest absolute Gasteiger partial charge is 0.382 e. The number of ketones is 1. The molecule has 0 radical (unpaired) electrons. The summed E-state index contributed by atoms with van der Waals surface area (Å²) in [6, 6.07) is 0. The molecule has 0 fully saturated rings. The molecular formula is C7H17ClO2. The molecule has 0 saturated carbocycles. The molecule has 0 bridgehead atoms. The van der Waals surface area contributed by atoms with Gasteiger partial charge in [-0.3, -0.25) is 0 Å². The van der Waals surface area contributed by atoms with E-state index in [2.05, 4.69) is 0 Å². The number of hydrogen-bond donors (Lipinski definition) is 0. The highest BCUT2D eigenvalue weighted by molar-refractivity contribution is 5.85. The van der Waals surface area contributed by atoms with E-state index in [9.17, 15) is 4.79 Å². The van der Waals surface area contributed by atoms with Gasteiger partial charge in [0.25, 0.3) is 0 Å². The van der Waals surface area contributed by atoms with Gasteiger partial charge in [0, 0.05) is 13.2 Å². The normalized spacial score (nSPS) is 6.80. The molecule has 0 aromatic heterocycles. The van der Waals surface area contributed by atoms with Crippen molar-refractivity contribution < 1.29 is 9.53 Å². The van der Waals surface area contributed by atoms with Gasteiger partial charge in [-0.1, -0.05) is 0 Å². The van der Waals surface area contributed by atoms with E-state index in [0.29, 0.717) is 0 Å². The molecule has 0 aliphatic heterocycles. The summed E-state index contributed by atoms with van der Waals surface area (Å²) in [5.41, 5.74) is 0. The third-order valence-corrected chi connectivity index (χ3v) is 0.408. The van der Waals surface area contributed by atoms with E-state index < -0.39 is 0 Å². The summed E-state index contributed by atoms with van der Waals surface area (Å²) in [6.45, 7) is 8.72. The Kier molecular flexibility index (Phi) is 26.3. The lowest BCUT2D eigenvalue weighted by Crippen LogP contribution is -1.84. The third-order valence-electron chi connectivity index (χ3n) is 0.408. The van der Waals surface area contributed by atoms with Crippen LogP contribution < -0.4 is 0 Å². The number of hydrogen-bond acceptors (Lipinski definition) is 2. The molecule has 0 rings (SSSR count). The number of carbonyl (C=O) groups is 1. The summed E-state index contributed by atoms with van der Waals surface area (Å²) in [5, 5.41) is 0. The van der Waals surface area contributed by atoms with Crippen molar-refractivity contribution in [3.63, 3.8) is 0 Å². The van der Waals surface area contributed by atoms with Crippen LogP contribution >= 0.6 is 12.4 Å². The van der Waals surface area contributed by atoms with Crippen LogP contribution in [0.5, 0.6) is 0 Å². The Bertz CT molecular complexity index is 58.6. The van der Waals surface area contributed by atoms with Crippen LogP contribution in [0.25, 0.3) is 0 Å². The van der Waals surface area contributed by atoms with Crippen molar-refractivity contribution in [2.45, 2.75) is 27.7 Å². The average Bonchev–Trinajstić information content (AvgIpc) is 1.66. The number of halogens is 1. The van der Waals surface area contributed by atoms with Crippen molar-refractivity contribution in [3.05, 3.63) is 0 Å². The summed E-state index contributed by atoms with van der Waals surface area (Å²) < 4.78 is 4.83. The minimum atomic E-state index is 0. The maximum absolute atomic E-state index is 9.44. The maximum Gasteiger partial charge on any atom is 0.126 e. The molecule has 0 saturated heterocycles. The second-order valence-corrected chi connectivity index (χ2v) is 1.69. The fourth-order valence-corrected chi connectivity index (χ4v) is 0.204. The molecule has 0 N–H and O–H groups in total. The third kappa shape index (κ3) is 103. The molecule has 10 heavy (non-hydrogen) atoms. The molecule has 64 valence electrons. The smallest absolute Gasteiger partial charge is 0.126 e. The van der Waals surface area contributed by atoms with Gasteiger partial charge in [-0.2, -0.15) is 0 Å². The second-order valence-electron chi connectivity index (χ2n) is 1.69. The lowest BCUT2D eigenvalue weighted by atomic mass is 10.6. The monoisotopic (exact) mass is 168 g/mol. The molecule has 0 heterocycles. The zero-order chi connectivity index (χ0) is 7.70. The summed E-state index contributed by atoms with van der Waals surface area (Å²) in [5.74, 6) is 0.167. The van der Waals surface area contributed by atoms with Gasteiger partial charge in [0.05, 0.1) is 0 Å². The van der Waals surface area contributed by atoms with E-state index in [4.69, 9.17) is 4.74 Å². The van der Waals surface area contributed by atoms with Gasteiger partial charge in [0.15, 0.2) is 0 Å². The molecule has 3 heteroatoms. The van der Waals surface area contributed by atoms with Gasteiger partial charge in [0.1, 0.15) is 5.78 Å². The first kappa shape index (κ1) is 16.5. The van der Waals surface area contributed by atoms with Crippen LogP contribution in [-0.4, -0.2) is 19.0 Å². The van der Waals surface area contributed by atoms with Gasteiger partial charge in [-0.25, -0.2) is 0 Å². The van der Waals surface area contributed by atoms with Crippen LogP contribution in [0.15, 0.2) is 0 Å². The van der Waals surface area contributed by atoms with E-state index in [1.807, 2.05) is 13.8 Å². The van der Waals surface area contributed by atoms with Crippen LogP contribution in [0, 0.1) is 0 Å². The molecule has 0 atom stereocenters. The first-order valence-corrected chi connectivity index (χ1v) is 3.20. The molecule has 0 amide bonds. The standard InChI is InChI=1S/C4H10O.C3H6O.ClH/c1-3-5-4-2;1-3(2)4;/h3-4H2,1-2H3;1-2H3;1H. The Morgan fingerprint density at radius 1 is 1.20 bits per heavy atom. The summed E-state index contributed by atoms with van der Waals surface area (Å²) in [7, 11) is 0. The van der Waals surface area contributed by atoms with E-state index in [1.165, 1.54) is 13.8 Å². The zero-order valence-corrected chi connectivity index (χ0v) is 7.96. The Balaban J connectivity index is -0.0000000910. The highest BCUT2D eigenvalue weighted by Gasteiger charge is 1.64. The fraction of sp³-hybridized carbons (Fsp3) is 0.857. The Morgan fingerprint density at radius 2 is 1.40 bits per heavy atom. The van der Waals surface area contributed by atoms with Crippen LogP contribution in [0.3, 0.4) is 0 Å². The summed E-state index contributed by atoms with van der Waals surface area (Å²) in [4.78, 5) is 9.44. The van der Waals surface area contributed by atoms with Gasteiger partial charge in [-0.15, -0.1) is 12.4 Å². The zero-order valence-electron chi connectivity index (χ0n) is 7.14. The first-order valence-electron chi connectivity index (χ1n) is 3.20. The summed E-state index contributed by atoms with van der Waals surface area (Å²) in [6.07, 6.45) is 0. The predicted molar refractivity (Wildman–Crippen MR) is 45.8 cm³/mol. The molecular weight excluding hydrogens is 152 g/mol. The first-order chi connectivity index (χ1) is 4.15. The Hall–Kier alpha value is -0.0800. The number of ether oxygens (including phenoxy) is 1. The minimum absolute atomic E-state index is 0. The predicted octanol–water partition coefficient (Wildman–Crippen LogP) is 2.06.